The Bertz CT molecular complexity index is 517. The molecule has 0 radical (unpaired) electrons. The van der Waals surface area contributed by atoms with E-state index >= 15 is 0 Å². The summed E-state index contributed by atoms with van der Waals surface area (Å²) in [5, 5.41) is 12.5. The molecule has 0 atom stereocenters. The number of anilines is 1. The van der Waals surface area contributed by atoms with Crippen LogP contribution >= 0.6 is 23.1 Å². The zero-order chi connectivity index (χ0) is 14.9. The second-order valence-corrected chi connectivity index (χ2v) is 7.33. The molecule has 6 heteroatoms. The van der Waals surface area contributed by atoms with E-state index in [1.165, 1.54) is 0 Å². The van der Waals surface area contributed by atoms with E-state index in [4.69, 9.17) is 4.74 Å². The van der Waals surface area contributed by atoms with Crippen molar-refractivity contribution in [1.29, 1.82) is 0 Å². The summed E-state index contributed by atoms with van der Waals surface area (Å²) in [7, 11) is 0. The first-order valence-electron chi connectivity index (χ1n) is 7.12. The maximum Gasteiger partial charge on any atom is 0.206 e. The van der Waals surface area contributed by atoms with Gasteiger partial charge in [-0.1, -0.05) is 55.1 Å². The summed E-state index contributed by atoms with van der Waals surface area (Å²) in [5.41, 5.74) is 0. The van der Waals surface area contributed by atoms with Crippen molar-refractivity contribution in [2.45, 2.75) is 24.6 Å². The average Bonchev–Trinajstić information content (AvgIpc) is 2.94. The van der Waals surface area contributed by atoms with E-state index in [9.17, 15) is 0 Å². The molecule has 2 rings (SSSR count). The Balaban J connectivity index is 1.60. The van der Waals surface area contributed by atoms with Crippen LogP contribution in [0.5, 0.6) is 5.75 Å². The van der Waals surface area contributed by atoms with E-state index in [1.54, 1.807) is 23.1 Å². The van der Waals surface area contributed by atoms with E-state index in [0.717, 1.165) is 40.5 Å². The van der Waals surface area contributed by atoms with Crippen LogP contribution in [0.15, 0.2) is 34.7 Å². The smallest absolute Gasteiger partial charge is 0.206 e. The van der Waals surface area contributed by atoms with E-state index < -0.39 is 0 Å². The van der Waals surface area contributed by atoms with Crippen molar-refractivity contribution in [3.05, 3.63) is 30.3 Å². The molecule has 0 fully saturated rings. The summed E-state index contributed by atoms with van der Waals surface area (Å²) < 4.78 is 6.67. The molecule has 2 aromatic rings. The van der Waals surface area contributed by atoms with Gasteiger partial charge in [-0.05, 0) is 24.5 Å². The molecule has 0 saturated carbocycles. The molecule has 0 saturated heterocycles. The Kier molecular flexibility index (Phi) is 6.82. The monoisotopic (exact) mass is 323 g/mol. The number of hydrogen-bond donors (Lipinski definition) is 1. The summed E-state index contributed by atoms with van der Waals surface area (Å²) >= 11 is 3.35. The van der Waals surface area contributed by atoms with Crippen molar-refractivity contribution >= 4 is 28.2 Å². The zero-order valence-corrected chi connectivity index (χ0v) is 14.0. The lowest BCUT2D eigenvalue weighted by molar-refractivity contribution is 0.318. The Morgan fingerprint density at radius 2 is 2.05 bits per heavy atom. The first-order chi connectivity index (χ1) is 10.2. The van der Waals surface area contributed by atoms with Gasteiger partial charge in [0, 0.05) is 12.3 Å². The van der Waals surface area contributed by atoms with Gasteiger partial charge in [0.2, 0.25) is 5.13 Å². The van der Waals surface area contributed by atoms with E-state index in [0.29, 0.717) is 5.92 Å². The van der Waals surface area contributed by atoms with Crippen LogP contribution in [0, 0.1) is 5.92 Å². The SMILES string of the molecule is CC(C)CNc1nnc(SCCCOc2ccccc2)s1. The summed E-state index contributed by atoms with van der Waals surface area (Å²) in [6.45, 7) is 6.02. The van der Waals surface area contributed by atoms with Crippen LogP contribution in [0.25, 0.3) is 0 Å². The highest BCUT2D eigenvalue weighted by molar-refractivity contribution is 8.01. The number of aromatic nitrogens is 2. The fourth-order valence-electron chi connectivity index (χ4n) is 1.56. The van der Waals surface area contributed by atoms with Gasteiger partial charge in [-0.15, -0.1) is 10.2 Å². The molecule has 1 heterocycles. The van der Waals surface area contributed by atoms with Crippen LogP contribution in [0.1, 0.15) is 20.3 Å². The van der Waals surface area contributed by atoms with Gasteiger partial charge < -0.3 is 10.1 Å². The second-order valence-electron chi connectivity index (χ2n) is 5.01. The number of thioether (sulfide) groups is 1. The Morgan fingerprint density at radius 1 is 1.24 bits per heavy atom. The molecule has 0 unspecified atom stereocenters. The van der Waals surface area contributed by atoms with Crippen LogP contribution < -0.4 is 10.1 Å². The molecule has 0 aliphatic heterocycles. The third-order valence-corrected chi connectivity index (χ3v) is 4.69. The number of para-hydroxylation sites is 1. The van der Waals surface area contributed by atoms with Crippen molar-refractivity contribution in [3.8, 4) is 5.75 Å². The van der Waals surface area contributed by atoms with Gasteiger partial charge in [0.25, 0.3) is 0 Å². The molecule has 114 valence electrons. The average molecular weight is 323 g/mol. The first kappa shape index (κ1) is 16.1. The van der Waals surface area contributed by atoms with Crippen molar-refractivity contribution in [1.82, 2.24) is 10.2 Å². The predicted octanol–water partition coefficient (Wildman–Crippen LogP) is 4.17. The molecule has 4 nitrogen and oxygen atoms in total. The number of rotatable bonds is 9. The molecule has 1 aromatic heterocycles. The largest absolute Gasteiger partial charge is 0.494 e. The summed E-state index contributed by atoms with van der Waals surface area (Å²) in [6, 6.07) is 9.91. The minimum absolute atomic E-state index is 0.611. The molecule has 0 aliphatic rings. The Hall–Kier alpha value is -1.27. The van der Waals surface area contributed by atoms with Gasteiger partial charge in [0.05, 0.1) is 6.61 Å². The third kappa shape index (κ3) is 6.35. The molecule has 0 aliphatic carbocycles. The number of nitrogens with one attached hydrogen (secondary N) is 1. The van der Waals surface area contributed by atoms with Gasteiger partial charge in [-0.2, -0.15) is 0 Å². The molecule has 0 bridgehead atoms. The van der Waals surface area contributed by atoms with Crippen LogP contribution in [0.3, 0.4) is 0 Å². The number of ether oxygens (including phenoxy) is 1. The highest BCUT2D eigenvalue weighted by atomic mass is 32.2. The van der Waals surface area contributed by atoms with Gasteiger partial charge in [0.1, 0.15) is 5.75 Å². The van der Waals surface area contributed by atoms with Gasteiger partial charge in [-0.3, -0.25) is 0 Å². The van der Waals surface area contributed by atoms with Crippen LogP contribution in [0.2, 0.25) is 0 Å². The fourth-order valence-corrected chi connectivity index (χ4v) is 3.30. The highest BCUT2D eigenvalue weighted by Gasteiger charge is 2.05. The van der Waals surface area contributed by atoms with Crippen LogP contribution in [-0.2, 0) is 0 Å². The summed E-state index contributed by atoms with van der Waals surface area (Å²) in [4.78, 5) is 0. The molecule has 1 aromatic carbocycles. The minimum atomic E-state index is 0.611. The zero-order valence-electron chi connectivity index (χ0n) is 12.4. The van der Waals surface area contributed by atoms with E-state index in [-0.39, 0.29) is 0 Å². The topological polar surface area (TPSA) is 47.0 Å². The van der Waals surface area contributed by atoms with Crippen molar-refractivity contribution in [2.75, 3.05) is 24.2 Å². The fraction of sp³-hybridized carbons (Fsp3) is 0.467. The molecule has 21 heavy (non-hydrogen) atoms. The van der Waals surface area contributed by atoms with Crippen LogP contribution in [-0.4, -0.2) is 29.1 Å². The van der Waals surface area contributed by atoms with Gasteiger partial charge in [0.15, 0.2) is 4.34 Å². The predicted molar refractivity (Wildman–Crippen MR) is 90.5 cm³/mol. The van der Waals surface area contributed by atoms with Crippen molar-refractivity contribution in [2.24, 2.45) is 5.92 Å². The lowest BCUT2D eigenvalue weighted by atomic mass is 10.2. The van der Waals surface area contributed by atoms with Crippen LogP contribution in [0.4, 0.5) is 5.13 Å². The molecular weight excluding hydrogens is 302 g/mol. The van der Waals surface area contributed by atoms with Gasteiger partial charge >= 0.3 is 0 Å². The first-order valence-corrected chi connectivity index (χ1v) is 8.92. The normalized spacial score (nSPS) is 10.8. The third-order valence-electron chi connectivity index (χ3n) is 2.59. The quantitative estimate of drug-likeness (QED) is 0.554. The summed E-state index contributed by atoms with van der Waals surface area (Å²) in [5.74, 6) is 2.53. The molecule has 1 N–H and O–H groups in total. The maximum atomic E-state index is 5.66. The Morgan fingerprint density at radius 3 is 2.81 bits per heavy atom. The highest BCUT2D eigenvalue weighted by Crippen LogP contribution is 2.26. The number of nitrogens with zero attached hydrogens (tertiary/aromatic N) is 2. The van der Waals surface area contributed by atoms with Crippen molar-refractivity contribution in [3.63, 3.8) is 0 Å². The minimum Gasteiger partial charge on any atom is -0.494 e. The lowest BCUT2D eigenvalue weighted by Gasteiger charge is -2.04. The molecule has 0 amide bonds. The number of benzene rings is 1. The summed E-state index contributed by atoms with van der Waals surface area (Å²) in [6.07, 6.45) is 0.994. The van der Waals surface area contributed by atoms with E-state index in [2.05, 4.69) is 29.4 Å². The van der Waals surface area contributed by atoms with Crippen molar-refractivity contribution < 1.29 is 4.74 Å². The lowest BCUT2D eigenvalue weighted by Crippen LogP contribution is -2.07. The second kappa shape index (κ2) is 8.89. The Labute approximate surface area is 134 Å². The molecule has 0 spiro atoms. The van der Waals surface area contributed by atoms with E-state index in [1.807, 2.05) is 30.3 Å². The maximum absolute atomic E-state index is 5.66. The number of hydrogen-bond acceptors (Lipinski definition) is 6. The molecular formula is C15H21N3OS2. The standard InChI is InChI=1S/C15H21N3OS2/c1-12(2)11-16-14-17-18-15(21-14)20-10-6-9-19-13-7-4-3-5-8-13/h3-5,7-8,12H,6,9-11H2,1-2H3,(H,16,17). The van der Waals surface area contributed by atoms with Gasteiger partial charge in [-0.25, -0.2) is 0 Å².